The van der Waals surface area contributed by atoms with E-state index >= 15 is 0 Å². The summed E-state index contributed by atoms with van der Waals surface area (Å²) in [5.74, 6) is 0. The lowest BCUT2D eigenvalue weighted by Crippen LogP contribution is -2.54. The Labute approximate surface area is 83.1 Å². The summed E-state index contributed by atoms with van der Waals surface area (Å²) in [6.07, 6.45) is 4.31. The Balaban J connectivity index is 2.39. The highest BCUT2D eigenvalue weighted by atomic mass is 15.4. The number of piperidine rings is 1. The lowest BCUT2D eigenvalue weighted by Gasteiger charge is -2.40. The van der Waals surface area contributed by atoms with Crippen molar-refractivity contribution in [1.82, 2.24) is 4.90 Å². The van der Waals surface area contributed by atoms with Crippen molar-refractivity contribution in [2.45, 2.75) is 33.1 Å². The van der Waals surface area contributed by atoms with Crippen molar-refractivity contribution in [2.75, 3.05) is 39.9 Å². The van der Waals surface area contributed by atoms with Gasteiger partial charge in [0.15, 0.2) is 0 Å². The zero-order valence-corrected chi connectivity index (χ0v) is 9.55. The predicted molar refractivity (Wildman–Crippen MR) is 57.6 cm³/mol. The largest absolute Gasteiger partial charge is 0.314 e. The van der Waals surface area contributed by atoms with Crippen molar-refractivity contribution < 1.29 is 4.48 Å². The lowest BCUT2D eigenvalue weighted by atomic mass is 10.1. The molecule has 1 rings (SSSR count). The van der Waals surface area contributed by atoms with E-state index in [0.29, 0.717) is 0 Å². The Morgan fingerprint density at radius 1 is 1.00 bits per heavy atom. The van der Waals surface area contributed by atoms with Crippen LogP contribution in [0.3, 0.4) is 0 Å². The first-order valence-electron chi connectivity index (χ1n) is 5.76. The molecule has 0 N–H and O–H groups in total. The number of nitrogens with zero attached hydrogens (tertiary/aromatic N) is 2. The van der Waals surface area contributed by atoms with E-state index in [1.165, 1.54) is 56.6 Å². The summed E-state index contributed by atoms with van der Waals surface area (Å²) >= 11 is 0. The van der Waals surface area contributed by atoms with Gasteiger partial charge in [-0.05, 0) is 19.3 Å². The minimum atomic E-state index is 1.20. The molecule has 0 aromatic heterocycles. The van der Waals surface area contributed by atoms with Crippen molar-refractivity contribution in [3.63, 3.8) is 0 Å². The van der Waals surface area contributed by atoms with Crippen LogP contribution in [0.5, 0.6) is 0 Å². The molecule has 1 heterocycles. The highest BCUT2D eigenvalue weighted by Gasteiger charge is 2.25. The van der Waals surface area contributed by atoms with Crippen LogP contribution in [0.2, 0.25) is 0 Å². The summed E-state index contributed by atoms with van der Waals surface area (Å²) in [5, 5.41) is 0. The van der Waals surface area contributed by atoms with E-state index in [-0.39, 0.29) is 0 Å². The van der Waals surface area contributed by atoms with Gasteiger partial charge in [-0.2, -0.15) is 0 Å². The average Bonchev–Trinajstić information content (AvgIpc) is 2.15. The van der Waals surface area contributed by atoms with Crippen LogP contribution >= 0.6 is 0 Å². The molecule has 0 aliphatic carbocycles. The third-order valence-corrected chi connectivity index (χ3v) is 3.33. The van der Waals surface area contributed by atoms with Crippen LogP contribution < -0.4 is 0 Å². The van der Waals surface area contributed by atoms with Gasteiger partial charge in [0.1, 0.15) is 6.67 Å². The van der Waals surface area contributed by atoms with Crippen molar-refractivity contribution in [3.8, 4) is 0 Å². The second kappa shape index (κ2) is 4.97. The summed E-state index contributed by atoms with van der Waals surface area (Å²) in [5.41, 5.74) is 0. The Morgan fingerprint density at radius 3 is 2.00 bits per heavy atom. The van der Waals surface area contributed by atoms with Crippen LogP contribution in [0.25, 0.3) is 0 Å². The van der Waals surface area contributed by atoms with Crippen molar-refractivity contribution in [3.05, 3.63) is 0 Å². The Bertz CT molecular complexity index is 135. The minimum absolute atomic E-state index is 1.20. The van der Waals surface area contributed by atoms with Gasteiger partial charge < -0.3 is 4.48 Å². The molecule has 0 aromatic rings. The van der Waals surface area contributed by atoms with Gasteiger partial charge >= 0.3 is 0 Å². The second-order valence-corrected chi connectivity index (χ2v) is 4.57. The van der Waals surface area contributed by atoms with Gasteiger partial charge in [0.05, 0.1) is 20.1 Å². The fraction of sp³-hybridized carbons (Fsp3) is 1.00. The molecule has 0 spiro atoms. The summed E-state index contributed by atoms with van der Waals surface area (Å²) in [4.78, 5) is 2.55. The Kier molecular flexibility index (Phi) is 4.20. The van der Waals surface area contributed by atoms with Gasteiger partial charge in [0.2, 0.25) is 0 Å². The van der Waals surface area contributed by atoms with Crippen LogP contribution in [-0.4, -0.2) is 49.3 Å². The number of hydrogen-bond acceptors (Lipinski definition) is 1. The first-order chi connectivity index (χ1) is 6.20. The van der Waals surface area contributed by atoms with Crippen LogP contribution in [0.1, 0.15) is 33.1 Å². The molecule has 1 fully saturated rings. The lowest BCUT2D eigenvalue weighted by molar-refractivity contribution is -0.923. The molecule has 13 heavy (non-hydrogen) atoms. The Hall–Kier alpha value is -0.0800. The van der Waals surface area contributed by atoms with Gasteiger partial charge in [0, 0.05) is 13.1 Å². The van der Waals surface area contributed by atoms with E-state index < -0.39 is 0 Å². The highest BCUT2D eigenvalue weighted by Crippen LogP contribution is 2.16. The number of likely N-dealkylation sites (tertiary alicyclic amines) is 1. The molecule has 0 amide bonds. The predicted octanol–water partition coefficient (Wildman–Crippen LogP) is 1.92. The molecule has 1 aliphatic heterocycles. The van der Waals surface area contributed by atoms with E-state index in [0.717, 1.165) is 0 Å². The Morgan fingerprint density at radius 2 is 1.54 bits per heavy atom. The van der Waals surface area contributed by atoms with Gasteiger partial charge in [0.25, 0.3) is 0 Å². The van der Waals surface area contributed by atoms with Crippen LogP contribution in [0, 0.1) is 0 Å². The quantitative estimate of drug-likeness (QED) is 0.605. The summed E-state index contributed by atoms with van der Waals surface area (Å²) < 4.78 is 1.28. The highest BCUT2D eigenvalue weighted by molar-refractivity contribution is 4.53. The van der Waals surface area contributed by atoms with Gasteiger partial charge in [-0.15, -0.1) is 0 Å². The van der Waals surface area contributed by atoms with E-state index in [1.807, 2.05) is 0 Å². The van der Waals surface area contributed by atoms with Gasteiger partial charge in [-0.3, -0.25) is 4.90 Å². The third kappa shape index (κ3) is 3.28. The SMILES string of the molecule is CCN(CC)C[N+]1(C)CCCCC1. The van der Waals surface area contributed by atoms with E-state index in [9.17, 15) is 0 Å². The van der Waals surface area contributed by atoms with Crippen LogP contribution in [0.15, 0.2) is 0 Å². The van der Waals surface area contributed by atoms with Crippen LogP contribution in [-0.2, 0) is 0 Å². The maximum atomic E-state index is 2.55. The summed E-state index contributed by atoms with van der Waals surface area (Å²) in [6, 6.07) is 0. The number of quaternary nitrogens is 1. The topological polar surface area (TPSA) is 3.24 Å². The van der Waals surface area contributed by atoms with E-state index in [2.05, 4.69) is 25.8 Å². The molecule has 2 heteroatoms. The second-order valence-electron chi connectivity index (χ2n) is 4.57. The third-order valence-electron chi connectivity index (χ3n) is 3.33. The molecule has 1 saturated heterocycles. The van der Waals surface area contributed by atoms with Gasteiger partial charge in [-0.1, -0.05) is 13.8 Å². The molecular weight excluding hydrogens is 160 g/mol. The maximum Gasteiger partial charge on any atom is 0.134 e. The zero-order chi connectivity index (χ0) is 9.73. The molecule has 1 aliphatic rings. The molecule has 0 bridgehead atoms. The fourth-order valence-corrected chi connectivity index (χ4v) is 2.32. The number of hydrogen-bond donors (Lipinski definition) is 0. The molecule has 0 radical (unpaired) electrons. The maximum absolute atomic E-state index is 2.55. The van der Waals surface area contributed by atoms with Crippen molar-refractivity contribution in [1.29, 1.82) is 0 Å². The van der Waals surface area contributed by atoms with Crippen molar-refractivity contribution in [2.24, 2.45) is 0 Å². The summed E-state index contributed by atoms with van der Waals surface area (Å²) in [6.45, 7) is 11.0. The zero-order valence-electron chi connectivity index (χ0n) is 9.55. The molecule has 78 valence electrons. The molecular formula is C11H25N2+. The van der Waals surface area contributed by atoms with Crippen LogP contribution in [0.4, 0.5) is 0 Å². The molecule has 0 saturated carbocycles. The monoisotopic (exact) mass is 185 g/mol. The normalized spacial score (nSPS) is 22.2. The first-order valence-corrected chi connectivity index (χ1v) is 5.76. The minimum Gasteiger partial charge on any atom is -0.314 e. The van der Waals surface area contributed by atoms with Gasteiger partial charge in [-0.25, -0.2) is 0 Å². The van der Waals surface area contributed by atoms with E-state index in [4.69, 9.17) is 0 Å². The standard InChI is InChI=1S/C11H25N2/c1-4-12(5-2)11-13(3)9-7-6-8-10-13/h4-11H2,1-3H3/q+1. The van der Waals surface area contributed by atoms with E-state index in [1.54, 1.807) is 0 Å². The molecule has 0 aromatic carbocycles. The fourth-order valence-electron chi connectivity index (χ4n) is 2.32. The first kappa shape index (κ1) is 11.0. The molecule has 0 unspecified atom stereocenters. The average molecular weight is 185 g/mol. The smallest absolute Gasteiger partial charge is 0.134 e. The summed E-state index contributed by atoms with van der Waals surface area (Å²) in [7, 11) is 2.41. The van der Waals surface area contributed by atoms with Crippen molar-refractivity contribution >= 4 is 0 Å². The number of rotatable bonds is 4. The molecule has 0 atom stereocenters. The molecule has 2 nitrogen and oxygen atoms in total.